The Morgan fingerprint density at radius 1 is 1.42 bits per heavy atom. The van der Waals surface area contributed by atoms with E-state index in [2.05, 4.69) is 15.1 Å². The summed E-state index contributed by atoms with van der Waals surface area (Å²) in [6, 6.07) is 1.69. The summed E-state index contributed by atoms with van der Waals surface area (Å²) in [6.07, 6.45) is 3.08. The Balaban J connectivity index is 1.58. The molecule has 0 atom stereocenters. The van der Waals surface area contributed by atoms with Crippen molar-refractivity contribution in [2.24, 2.45) is 0 Å². The summed E-state index contributed by atoms with van der Waals surface area (Å²) < 4.78 is 5.91. The molecule has 2 aliphatic heterocycles. The number of hydrogen-bond acceptors (Lipinski definition) is 5. The molecule has 0 aromatic carbocycles. The zero-order valence-corrected chi connectivity index (χ0v) is 14.3. The van der Waals surface area contributed by atoms with Crippen LogP contribution in [-0.2, 0) is 9.53 Å². The monoisotopic (exact) mass is 335 g/mol. The SMILES string of the molecule is CN(C)CCN1CC2(CCN(C(=O)c3ccn[nH]3)CC2)OCC1=O. The van der Waals surface area contributed by atoms with Crippen molar-refractivity contribution in [1.29, 1.82) is 0 Å². The number of aromatic amines is 1. The molecule has 132 valence electrons. The van der Waals surface area contributed by atoms with Gasteiger partial charge in [-0.25, -0.2) is 0 Å². The summed E-state index contributed by atoms with van der Waals surface area (Å²) in [7, 11) is 4.00. The van der Waals surface area contributed by atoms with E-state index in [4.69, 9.17) is 4.74 Å². The van der Waals surface area contributed by atoms with Gasteiger partial charge in [-0.1, -0.05) is 0 Å². The van der Waals surface area contributed by atoms with E-state index < -0.39 is 0 Å². The molecule has 0 saturated carbocycles. The highest BCUT2D eigenvalue weighted by molar-refractivity contribution is 5.92. The number of carbonyl (C=O) groups excluding carboxylic acids is 2. The van der Waals surface area contributed by atoms with E-state index in [1.54, 1.807) is 12.3 Å². The third kappa shape index (κ3) is 3.59. The quantitative estimate of drug-likeness (QED) is 0.824. The molecule has 2 fully saturated rings. The number of hydrogen-bond donors (Lipinski definition) is 1. The van der Waals surface area contributed by atoms with E-state index in [0.717, 1.165) is 19.4 Å². The first-order valence-corrected chi connectivity index (χ1v) is 8.34. The van der Waals surface area contributed by atoms with Crippen LogP contribution in [0, 0.1) is 0 Å². The minimum atomic E-state index is -0.314. The molecule has 1 N–H and O–H groups in total. The molecule has 2 saturated heterocycles. The number of morpholine rings is 1. The van der Waals surface area contributed by atoms with Crippen molar-refractivity contribution in [3.05, 3.63) is 18.0 Å². The molecule has 24 heavy (non-hydrogen) atoms. The van der Waals surface area contributed by atoms with E-state index in [0.29, 0.717) is 31.9 Å². The number of ether oxygens (including phenoxy) is 1. The van der Waals surface area contributed by atoms with Crippen LogP contribution in [0.15, 0.2) is 12.3 Å². The van der Waals surface area contributed by atoms with Gasteiger partial charge in [-0.15, -0.1) is 0 Å². The summed E-state index contributed by atoms with van der Waals surface area (Å²) in [5.41, 5.74) is 0.198. The van der Waals surface area contributed by atoms with Gasteiger partial charge in [0.1, 0.15) is 12.3 Å². The summed E-state index contributed by atoms with van der Waals surface area (Å²) >= 11 is 0. The topological polar surface area (TPSA) is 81.8 Å². The van der Waals surface area contributed by atoms with E-state index in [1.165, 1.54) is 0 Å². The maximum absolute atomic E-state index is 12.4. The Morgan fingerprint density at radius 2 is 2.17 bits per heavy atom. The van der Waals surface area contributed by atoms with Gasteiger partial charge in [0.2, 0.25) is 5.91 Å². The fourth-order valence-corrected chi connectivity index (χ4v) is 3.28. The normalized spacial score (nSPS) is 20.9. The van der Waals surface area contributed by atoms with Crippen LogP contribution in [0.1, 0.15) is 23.3 Å². The number of rotatable bonds is 4. The second-order valence-corrected chi connectivity index (χ2v) is 6.85. The molecule has 3 heterocycles. The molecule has 0 aliphatic carbocycles. The van der Waals surface area contributed by atoms with Crippen LogP contribution in [0.25, 0.3) is 0 Å². The lowest BCUT2D eigenvalue weighted by atomic mass is 9.89. The summed E-state index contributed by atoms with van der Waals surface area (Å²) in [5, 5.41) is 6.54. The van der Waals surface area contributed by atoms with Crippen molar-refractivity contribution in [2.45, 2.75) is 18.4 Å². The Labute approximate surface area is 141 Å². The van der Waals surface area contributed by atoms with Gasteiger partial charge in [-0.05, 0) is 33.0 Å². The van der Waals surface area contributed by atoms with Crippen LogP contribution in [0.4, 0.5) is 0 Å². The Morgan fingerprint density at radius 3 is 2.79 bits per heavy atom. The van der Waals surface area contributed by atoms with Gasteiger partial charge in [0, 0.05) is 38.9 Å². The van der Waals surface area contributed by atoms with Crippen LogP contribution in [0.5, 0.6) is 0 Å². The van der Waals surface area contributed by atoms with E-state index in [1.807, 2.05) is 23.9 Å². The number of amides is 2. The maximum Gasteiger partial charge on any atom is 0.271 e. The Hall–Kier alpha value is -1.93. The zero-order chi connectivity index (χ0) is 17.2. The van der Waals surface area contributed by atoms with Crippen LogP contribution in [0.2, 0.25) is 0 Å². The minimum absolute atomic E-state index is 0.0290. The molecule has 0 bridgehead atoms. The van der Waals surface area contributed by atoms with Crippen molar-refractivity contribution in [1.82, 2.24) is 24.9 Å². The number of aromatic nitrogens is 2. The fraction of sp³-hybridized carbons (Fsp3) is 0.688. The maximum atomic E-state index is 12.4. The van der Waals surface area contributed by atoms with Gasteiger partial charge in [-0.2, -0.15) is 5.10 Å². The summed E-state index contributed by atoms with van der Waals surface area (Å²) in [4.78, 5) is 30.2. The number of likely N-dealkylation sites (N-methyl/N-ethyl adjacent to an activating group) is 1. The number of nitrogens with zero attached hydrogens (tertiary/aromatic N) is 4. The van der Waals surface area contributed by atoms with Crippen LogP contribution < -0.4 is 0 Å². The van der Waals surface area contributed by atoms with Gasteiger partial charge < -0.3 is 19.4 Å². The lowest BCUT2D eigenvalue weighted by Gasteiger charge is -2.47. The van der Waals surface area contributed by atoms with Gasteiger partial charge in [-0.3, -0.25) is 14.7 Å². The van der Waals surface area contributed by atoms with E-state index in [9.17, 15) is 9.59 Å². The minimum Gasteiger partial charge on any atom is -0.363 e. The molecule has 1 aromatic heterocycles. The Kier molecular flexibility index (Phi) is 4.86. The van der Waals surface area contributed by atoms with Crippen molar-refractivity contribution in [2.75, 3.05) is 53.4 Å². The lowest BCUT2D eigenvalue weighted by Crippen LogP contribution is -2.59. The third-order valence-electron chi connectivity index (χ3n) is 4.84. The lowest BCUT2D eigenvalue weighted by molar-refractivity contribution is -0.170. The molecule has 8 heteroatoms. The van der Waals surface area contributed by atoms with Crippen LogP contribution >= 0.6 is 0 Å². The molecule has 3 rings (SSSR count). The number of carbonyl (C=O) groups is 2. The number of nitrogens with one attached hydrogen (secondary N) is 1. The van der Waals surface area contributed by atoms with Gasteiger partial charge in [0.05, 0.1) is 5.60 Å². The average Bonchev–Trinajstić information content (AvgIpc) is 3.10. The van der Waals surface area contributed by atoms with E-state index in [-0.39, 0.29) is 24.0 Å². The molecule has 1 aromatic rings. The summed E-state index contributed by atoms with van der Waals surface area (Å²) in [6.45, 7) is 3.58. The van der Waals surface area contributed by atoms with E-state index >= 15 is 0 Å². The first-order valence-electron chi connectivity index (χ1n) is 8.34. The molecule has 8 nitrogen and oxygen atoms in total. The highest BCUT2D eigenvalue weighted by Gasteiger charge is 2.43. The van der Waals surface area contributed by atoms with Gasteiger partial charge in [0.15, 0.2) is 0 Å². The summed E-state index contributed by atoms with van der Waals surface area (Å²) in [5.74, 6) is 0.0251. The number of piperidine rings is 1. The largest absolute Gasteiger partial charge is 0.363 e. The first-order chi connectivity index (χ1) is 11.5. The second kappa shape index (κ2) is 6.90. The molecular weight excluding hydrogens is 310 g/mol. The average molecular weight is 335 g/mol. The second-order valence-electron chi connectivity index (χ2n) is 6.85. The van der Waals surface area contributed by atoms with Crippen LogP contribution in [0.3, 0.4) is 0 Å². The Bertz CT molecular complexity index is 579. The van der Waals surface area contributed by atoms with Crippen molar-refractivity contribution in [3.63, 3.8) is 0 Å². The zero-order valence-electron chi connectivity index (χ0n) is 14.3. The van der Waals surface area contributed by atoms with Crippen molar-refractivity contribution in [3.8, 4) is 0 Å². The van der Waals surface area contributed by atoms with Crippen LogP contribution in [-0.4, -0.2) is 95.7 Å². The van der Waals surface area contributed by atoms with Gasteiger partial charge in [0.25, 0.3) is 5.91 Å². The molecule has 2 aliphatic rings. The third-order valence-corrected chi connectivity index (χ3v) is 4.84. The van der Waals surface area contributed by atoms with Gasteiger partial charge >= 0.3 is 0 Å². The highest BCUT2D eigenvalue weighted by atomic mass is 16.5. The standard InChI is InChI=1S/C16H25N5O3/c1-19(2)9-10-21-12-16(24-11-14(21)22)4-7-20(8-5-16)15(23)13-3-6-17-18-13/h3,6H,4-5,7-12H2,1-2H3,(H,17,18). The number of likely N-dealkylation sites (tertiary alicyclic amines) is 1. The van der Waals surface area contributed by atoms with Crippen molar-refractivity contribution >= 4 is 11.8 Å². The molecule has 1 spiro atoms. The van der Waals surface area contributed by atoms with Crippen molar-refractivity contribution < 1.29 is 14.3 Å². The predicted octanol–water partition coefficient (Wildman–Crippen LogP) is -0.195. The fourth-order valence-electron chi connectivity index (χ4n) is 3.28. The first kappa shape index (κ1) is 16.9. The molecule has 0 radical (unpaired) electrons. The molecule has 2 amide bonds. The molecular formula is C16H25N5O3. The number of H-pyrrole nitrogens is 1. The predicted molar refractivity (Wildman–Crippen MR) is 87.5 cm³/mol. The molecule has 0 unspecified atom stereocenters. The smallest absolute Gasteiger partial charge is 0.271 e. The highest BCUT2D eigenvalue weighted by Crippen LogP contribution is 2.30.